The zero-order valence-corrected chi connectivity index (χ0v) is 9.59. The molecular formula is C9H14N6O2. The Morgan fingerprint density at radius 1 is 1.41 bits per heavy atom. The van der Waals surface area contributed by atoms with Gasteiger partial charge in [0.2, 0.25) is 5.95 Å². The first-order valence-electron chi connectivity index (χ1n) is 4.92. The molecule has 92 valence electrons. The third-order valence-electron chi connectivity index (χ3n) is 2.10. The number of aliphatic hydroxyl groups excluding tert-OH is 2. The minimum absolute atomic E-state index is 0.201. The number of nitrogens with zero attached hydrogens (tertiary/aromatic N) is 6. The fourth-order valence-electron chi connectivity index (χ4n) is 1.16. The van der Waals surface area contributed by atoms with Crippen molar-refractivity contribution in [1.82, 2.24) is 9.97 Å². The topological polar surface area (TPSA) is 118 Å². The summed E-state index contributed by atoms with van der Waals surface area (Å²) in [6.07, 6.45) is 0.509. The number of azide groups is 1. The molecule has 8 heteroatoms. The van der Waals surface area contributed by atoms with E-state index in [4.69, 9.17) is 5.53 Å². The van der Waals surface area contributed by atoms with Gasteiger partial charge in [-0.2, -0.15) is 0 Å². The van der Waals surface area contributed by atoms with Crippen LogP contribution in [-0.2, 0) is 0 Å². The van der Waals surface area contributed by atoms with Gasteiger partial charge in [-0.1, -0.05) is 5.11 Å². The Morgan fingerprint density at radius 3 is 2.47 bits per heavy atom. The second kappa shape index (κ2) is 6.00. The van der Waals surface area contributed by atoms with Crippen LogP contribution in [0.25, 0.3) is 10.4 Å². The Kier molecular flexibility index (Phi) is 4.65. The first-order valence-corrected chi connectivity index (χ1v) is 4.92. The summed E-state index contributed by atoms with van der Waals surface area (Å²) in [5.74, 6) is 0.505. The van der Waals surface area contributed by atoms with Crippen molar-refractivity contribution in [3.8, 4) is 0 Å². The molecular weight excluding hydrogens is 224 g/mol. The molecule has 0 aliphatic heterocycles. The van der Waals surface area contributed by atoms with Gasteiger partial charge >= 0.3 is 0 Å². The largest absolute Gasteiger partial charge is 0.390 e. The second-order valence-electron chi connectivity index (χ2n) is 3.64. The van der Waals surface area contributed by atoms with E-state index in [1.54, 1.807) is 19.0 Å². The van der Waals surface area contributed by atoms with Gasteiger partial charge in [-0.3, -0.25) is 0 Å². The third-order valence-corrected chi connectivity index (χ3v) is 2.10. The summed E-state index contributed by atoms with van der Waals surface area (Å²) < 4.78 is 0. The maximum atomic E-state index is 9.72. The number of hydrogen-bond donors (Lipinski definition) is 2. The van der Waals surface area contributed by atoms with Crippen molar-refractivity contribution in [1.29, 1.82) is 0 Å². The van der Waals surface area contributed by atoms with Crippen LogP contribution in [0.1, 0.15) is 11.7 Å². The number of rotatable bonds is 5. The molecule has 2 N–H and O–H groups in total. The smallest absolute Gasteiger partial charge is 0.224 e. The minimum Gasteiger partial charge on any atom is -0.390 e. The van der Waals surface area contributed by atoms with E-state index >= 15 is 0 Å². The summed E-state index contributed by atoms with van der Waals surface area (Å²) in [5, 5.41) is 22.4. The Bertz CT molecular complexity index is 400. The van der Waals surface area contributed by atoms with Gasteiger partial charge in [-0.05, 0) is 5.53 Å². The van der Waals surface area contributed by atoms with Crippen LogP contribution in [-0.4, -0.2) is 46.9 Å². The average Bonchev–Trinajstić information content (AvgIpc) is 2.35. The second-order valence-corrected chi connectivity index (χ2v) is 3.64. The lowest BCUT2D eigenvalue weighted by atomic mass is 10.1. The first-order chi connectivity index (χ1) is 8.06. The number of anilines is 1. The maximum Gasteiger partial charge on any atom is 0.224 e. The van der Waals surface area contributed by atoms with Gasteiger partial charge in [-0.25, -0.2) is 9.97 Å². The molecule has 0 aliphatic rings. The summed E-state index contributed by atoms with van der Waals surface area (Å²) in [7, 11) is 3.59. The van der Waals surface area contributed by atoms with E-state index in [1.807, 2.05) is 0 Å². The molecule has 0 aliphatic carbocycles. The molecule has 0 bridgehead atoms. The standard InChI is InChI=1S/C9H14N6O2/c1-15(2)9-11-3-6(4-12-9)8(17)7(16)5-13-14-10/h3-4,7-8,16-17H,5H2,1-2H3. The van der Waals surface area contributed by atoms with Crippen molar-refractivity contribution < 1.29 is 10.2 Å². The van der Waals surface area contributed by atoms with Crippen molar-refractivity contribution >= 4 is 5.95 Å². The van der Waals surface area contributed by atoms with Crippen LogP contribution < -0.4 is 4.90 Å². The molecule has 0 radical (unpaired) electrons. The Morgan fingerprint density at radius 2 is 2.00 bits per heavy atom. The molecule has 0 saturated heterocycles. The van der Waals surface area contributed by atoms with Crippen molar-refractivity contribution in [2.45, 2.75) is 12.2 Å². The number of hydrogen-bond acceptors (Lipinski definition) is 6. The highest BCUT2D eigenvalue weighted by Gasteiger charge is 2.18. The van der Waals surface area contributed by atoms with Crippen LogP contribution in [0.4, 0.5) is 5.95 Å². The molecule has 2 unspecified atom stereocenters. The van der Waals surface area contributed by atoms with E-state index in [0.29, 0.717) is 11.5 Å². The summed E-state index contributed by atoms with van der Waals surface area (Å²) in [6, 6.07) is 0. The Hall–Kier alpha value is -1.89. The van der Waals surface area contributed by atoms with Crippen LogP contribution in [0, 0.1) is 0 Å². The Balaban J connectivity index is 2.75. The molecule has 8 nitrogen and oxygen atoms in total. The van der Waals surface area contributed by atoms with E-state index in [9.17, 15) is 10.2 Å². The van der Waals surface area contributed by atoms with Gasteiger partial charge in [0.05, 0.1) is 12.6 Å². The molecule has 17 heavy (non-hydrogen) atoms. The van der Waals surface area contributed by atoms with E-state index in [2.05, 4.69) is 20.0 Å². The number of aliphatic hydroxyl groups is 2. The lowest BCUT2D eigenvalue weighted by Crippen LogP contribution is -2.22. The van der Waals surface area contributed by atoms with Crippen LogP contribution in [0.2, 0.25) is 0 Å². The lowest BCUT2D eigenvalue weighted by molar-refractivity contribution is 0.0240. The van der Waals surface area contributed by atoms with Gasteiger partial charge in [-0.15, -0.1) is 0 Å². The normalized spacial score (nSPS) is 13.6. The van der Waals surface area contributed by atoms with Crippen LogP contribution in [0.3, 0.4) is 0 Å². The maximum absolute atomic E-state index is 9.72. The van der Waals surface area contributed by atoms with Crippen LogP contribution >= 0.6 is 0 Å². The van der Waals surface area contributed by atoms with Crippen molar-refractivity contribution in [3.63, 3.8) is 0 Å². The van der Waals surface area contributed by atoms with E-state index in [1.165, 1.54) is 12.4 Å². The Labute approximate surface area is 98.2 Å². The molecule has 1 aromatic rings. The van der Waals surface area contributed by atoms with Gasteiger partial charge in [0.1, 0.15) is 6.10 Å². The predicted molar refractivity (Wildman–Crippen MR) is 61.3 cm³/mol. The summed E-state index contributed by atoms with van der Waals surface area (Å²) in [5.41, 5.74) is 8.47. The fourth-order valence-corrected chi connectivity index (χ4v) is 1.16. The molecule has 0 spiro atoms. The summed E-state index contributed by atoms with van der Waals surface area (Å²) in [4.78, 5) is 12.2. The lowest BCUT2D eigenvalue weighted by Gasteiger charge is -2.16. The highest BCUT2D eigenvalue weighted by molar-refractivity contribution is 5.27. The molecule has 0 saturated carbocycles. The van der Waals surface area contributed by atoms with Crippen LogP contribution in [0.5, 0.6) is 0 Å². The molecule has 0 fully saturated rings. The molecule has 0 amide bonds. The summed E-state index contributed by atoms with van der Waals surface area (Å²) in [6.45, 7) is -0.201. The van der Waals surface area contributed by atoms with Gasteiger partial charge in [0, 0.05) is 37.0 Å². The molecule has 1 heterocycles. The third kappa shape index (κ3) is 3.56. The highest BCUT2D eigenvalue weighted by Crippen LogP contribution is 2.16. The molecule has 2 atom stereocenters. The van der Waals surface area contributed by atoms with Crippen molar-refractivity contribution in [2.75, 3.05) is 25.5 Å². The van der Waals surface area contributed by atoms with E-state index in [0.717, 1.165) is 0 Å². The average molecular weight is 238 g/mol. The number of aromatic nitrogens is 2. The predicted octanol–water partition coefficient (Wildman–Crippen LogP) is 0.247. The minimum atomic E-state index is -1.17. The fraction of sp³-hybridized carbons (Fsp3) is 0.556. The van der Waals surface area contributed by atoms with Gasteiger partial charge < -0.3 is 15.1 Å². The molecule has 0 aromatic carbocycles. The van der Waals surface area contributed by atoms with Crippen LogP contribution in [0.15, 0.2) is 17.5 Å². The summed E-state index contributed by atoms with van der Waals surface area (Å²) >= 11 is 0. The molecule has 1 rings (SSSR count). The van der Waals surface area contributed by atoms with E-state index in [-0.39, 0.29) is 6.54 Å². The first kappa shape index (κ1) is 13.2. The monoisotopic (exact) mass is 238 g/mol. The highest BCUT2D eigenvalue weighted by atomic mass is 16.3. The quantitative estimate of drug-likeness (QED) is 0.433. The SMILES string of the molecule is CN(C)c1ncc(C(O)C(O)CN=[N+]=[N-])cn1. The van der Waals surface area contributed by atoms with Crippen molar-refractivity contribution in [2.24, 2.45) is 5.11 Å². The van der Waals surface area contributed by atoms with Gasteiger partial charge in [0.15, 0.2) is 0 Å². The molecule has 1 aromatic heterocycles. The zero-order chi connectivity index (χ0) is 12.8. The van der Waals surface area contributed by atoms with E-state index < -0.39 is 12.2 Å². The van der Waals surface area contributed by atoms with Crippen molar-refractivity contribution in [3.05, 3.63) is 28.4 Å². The zero-order valence-electron chi connectivity index (χ0n) is 9.59. The van der Waals surface area contributed by atoms with Gasteiger partial charge in [0.25, 0.3) is 0 Å².